The molecule has 63 heavy (non-hydrogen) atoms. The largest absolute Gasteiger partial charge is 0.310 e. The maximum atomic E-state index is 2.45. The molecule has 0 spiro atoms. The van der Waals surface area contributed by atoms with E-state index in [1.165, 1.54) is 93.9 Å². The van der Waals surface area contributed by atoms with Crippen molar-refractivity contribution in [2.75, 3.05) is 4.90 Å². The monoisotopic (exact) mass is 804 g/mol. The van der Waals surface area contributed by atoms with Gasteiger partial charge in [-0.1, -0.05) is 184 Å². The van der Waals surface area contributed by atoms with Crippen molar-refractivity contribution in [1.82, 2.24) is 4.57 Å². The van der Waals surface area contributed by atoms with Crippen LogP contribution in [0, 0.1) is 0 Å². The van der Waals surface area contributed by atoms with Crippen LogP contribution in [-0.2, 0) is 5.41 Å². The number of hydrogen-bond acceptors (Lipinski definition) is 1. The van der Waals surface area contributed by atoms with Gasteiger partial charge in [-0.25, -0.2) is 0 Å². The molecule has 0 fully saturated rings. The summed E-state index contributed by atoms with van der Waals surface area (Å²) in [5.41, 5.74) is 19.5. The summed E-state index contributed by atoms with van der Waals surface area (Å²) in [6, 6.07) is 84.6. The highest BCUT2D eigenvalue weighted by atomic mass is 15.1. The van der Waals surface area contributed by atoms with Crippen LogP contribution < -0.4 is 4.90 Å². The van der Waals surface area contributed by atoms with Gasteiger partial charge in [0.05, 0.1) is 16.7 Å². The van der Waals surface area contributed by atoms with Gasteiger partial charge in [-0.3, -0.25) is 0 Å². The van der Waals surface area contributed by atoms with Crippen LogP contribution in [0.5, 0.6) is 0 Å². The Hall–Kier alpha value is -7.94. The van der Waals surface area contributed by atoms with E-state index < -0.39 is 0 Å². The van der Waals surface area contributed by atoms with Gasteiger partial charge in [0, 0.05) is 38.6 Å². The van der Waals surface area contributed by atoms with Crippen molar-refractivity contribution in [1.29, 1.82) is 0 Å². The first-order valence-corrected chi connectivity index (χ1v) is 21.9. The lowest BCUT2D eigenvalue weighted by Crippen LogP contribution is -2.16. The van der Waals surface area contributed by atoms with Crippen LogP contribution in [0.2, 0.25) is 0 Å². The zero-order valence-corrected chi connectivity index (χ0v) is 35.3. The number of nitrogens with zero attached hydrogens (tertiary/aromatic N) is 2. The average molecular weight is 805 g/mol. The van der Waals surface area contributed by atoms with Crippen molar-refractivity contribution >= 4 is 49.6 Å². The molecule has 0 aliphatic heterocycles. The van der Waals surface area contributed by atoms with E-state index in [0.29, 0.717) is 0 Å². The van der Waals surface area contributed by atoms with Gasteiger partial charge in [0.25, 0.3) is 0 Å². The molecular weight excluding hydrogens is 761 g/mol. The predicted octanol–water partition coefficient (Wildman–Crippen LogP) is 16.7. The minimum atomic E-state index is -0.115. The molecule has 2 heteroatoms. The molecule has 298 valence electrons. The first kappa shape index (κ1) is 36.9. The van der Waals surface area contributed by atoms with Gasteiger partial charge in [0.15, 0.2) is 0 Å². The Bertz CT molecular complexity index is 3500. The van der Waals surface area contributed by atoms with Crippen LogP contribution in [-0.4, -0.2) is 4.57 Å². The summed E-state index contributed by atoms with van der Waals surface area (Å²) in [6.45, 7) is 4.72. The third kappa shape index (κ3) is 6.02. The summed E-state index contributed by atoms with van der Waals surface area (Å²) in [5, 5.41) is 4.94. The molecule has 0 saturated heterocycles. The standard InChI is InChI=1S/C61H44N2/c1-61(2)56-23-13-11-20-51(56)52-35-34-48(40-57(52)61)62(47-32-29-42(30-33-47)41-15-5-3-6-16-41)59-38-36-49(50-19-9-10-21-53(50)59)44-27-25-43(26-28-44)45-31-37-60-55(39-45)54-22-12-14-24-58(54)63(60)46-17-7-4-8-18-46/h3-40H,1-2H3. The molecule has 0 radical (unpaired) electrons. The molecule has 2 nitrogen and oxygen atoms in total. The van der Waals surface area contributed by atoms with Gasteiger partial charge in [-0.2, -0.15) is 0 Å². The fourth-order valence-electron chi connectivity index (χ4n) is 10.3. The Morgan fingerprint density at radius 2 is 0.873 bits per heavy atom. The quantitative estimate of drug-likeness (QED) is 0.156. The van der Waals surface area contributed by atoms with E-state index in [4.69, 9.17) is 0 Å². The fraction of sp³-hybridized carbons (Fsp3) is 0.0492. The highest BCUT2D eigenvalue weighted by Crippen LogP contribution is 2.51. The van der Waals surface area contributed by atoms with Crippen molar-refractivity contribution in [3.8, 4) is 50.2 Å². The maximum Gasteiger partial charge on any atom is 0.0541 e. The predicted molar refractivity (Wildman–Crippen MR) is 267 cm³/mol. The van der Waals surface area contributed by atoms with Gasteiger partial charge in [0.2, 0.25) is 0 Å². The van der Waals surface area contributed by atoms with E-state index in [-0.39, 0.29) is 5.41 Å². The van der Waals surface area contributed by atoms with Gasteiger partial charge in [-0.15, -0.1) is 0 Å². The van der Waals surface area contributed by atoms with Crippen LogP contribution in [0.25, 0.3) is 82.8 Å². The van der Waals surface area contributed by atoms with Crippen molar-refractivity contribution in [3.63, 3.8) is 0 Å². The van der Waals surface area contributed by atoms with Crippen molar-refractivity contribution in [2.45, 2.75) is 19.3 Å². The minimum absolute atomic E-state index is 0.115. The summed E-state index contributed by atoms with van der Waals surface area (Å²) in [5.74, 6) is 0. The molecule has 11 aromatic rings. The molecule has 1 heterocycles. The molecule has 0 amide bonds. The van der Waals surface area contributed by atoms with E-state index in [1.54, 1.807) is 0 Å². The second-order valence-corrected chi connectivity index (χ2v) is 17.3. The fourth-order valence-corrected chi connectivity index (χ4v) is 10.3. The summed E-state index contributed by atoms with van der Waals surface area (Å²) < 4.78 is 2.37. The van der Waals surface area contributed by atoms with Crippen LogP contribution in [0.4, 0.5) is 17.1 Å². The third-order valence-corrected chi connectivity index (χ3v) is 13.4. The van der Waals surface area contributed by atoms with Crippen molar-refractivity contribution < 1.29 is 0 Å². The Kier molecular flexibility index (Phi) is 8.55. The molecule has 1 aromatic heterocycles. The summed E-state index contributed by atoms with van der Waals surface area (Å²) >= 11 is 0. The molecule has 0 N–H and O–H groups in total. The van der Waals surface area contributed by atoms with E-state index in [9.17, 15) is 0 Å². The molecule has 1 aliphatic rings. The van der Waals surface area contributed by atoms with Crippen LogP contribution in [0.3, 0.4) is 0 Å². The van der Waals surface area contributed by atoms with E-state index >= 15 is 0 Å². The number of aromatic nitrogens is 1. The molecule has 10 aromatic carbocycles. The smallest absolute Gasteiger partial charge is 0.0541 e. The Balaban J connectivity index is 0.952. The number of para-hydroxylation sites is 2. The highest BCUT2D eigenvalue weighted by Gasteiger charge is 2.36. The molecular formula is C61H44N2. The van der Waals surface area contributed by atoms with Gasteiger partial charge in [0.1, 0.15) is 0 Å². The van der Waals surface area contributed by atoms with Gasteiger partial charge < -0.3 is 9.47 Å². The Labute approximate surface area is 368 Å². The number of anilines is 3. The lowest BCUT2D eigenvalue weighted by Gasteiger charge is -2.29. The normalized spacial score (nSPS) is 12.7. The second kappa shape index (κ2) is 14.6. The maximum absolute atomic E-state index is 2.45. The van der Waals surface area contributed by atoms with Crippen molar-refractivity contribution in [2.24, 2.45) is 0 Å². The topological polar surface area (TPSA) is 8.17 Å². The highest BCUT2D eigenvalue weighted by molar-refractivity contribution is 6.11. The zero-order chi connectivity index (χ0) is 42.1. The SMILES string of the molecule is CC1(C)c2ccccc2-c2ccc(N(c3ccc(-c4ccccc4)cc3)c3ccc(-c4ccc(-c5ccc6c(c5)c5ccccc5n6-c5ccccc5)cc4)c4ccccc34)cc21. The van der Waals surface area contributed by atoms with E-state index in [2.05, 4.69) is 254 Å². The van der Waals surface area contributed by atoms with Crippen LogP contribution in [0.1, 0.15) is 25.0 Å². The van der Waals surface area contributed by atoms with Gasteiger partial charge in [-0.05, 0) is 122 Å². The molecule has 0 saturated carbocycles. The number of hydrogen-bond donors (Lipinski definition) is 0. The van der Waals surface area contributed by atoms with E-state index in [1.807, 2.05) is 0 Å². The Morgan fingerprint density at radius 1 is 0.333 bits per heavy atom. The lowest BCUT2D eigenvalue weighted by molar-refractivity contribution is 0.660. The first-order valence-electron chi connectivity index (χ1n) is 21.9. The molecule has 12 rings (SSSR count). The lowest BCUT2D eigenvalue weighted by atomic mass is 9.82. The zero-order valence-electron chi connectivity index (χ0n) is 35.3. The summed E-state index contributed by atoms with van der Waals surface area (Å²) in [6.07, 6.45) is 0. The summed E-state index contributed by atoms with van der Waals surface area (Å²) in [4.78, 5) is 2.45. The van der Waals surface area contributed by atoms with E-state index in [0.717, 1.165) is 17.1 Å². The number of rotatable bonds is 7. The molecule has 0 atom stereocenters. The Morgan fingerprint density at radius 3 is 1.67 bits per heavy atom. The molecule has 0 bridgehead atoms. The van der Waals surface area contributed by atoms with Gasteiger partial charge >= 0.3 is 0 Å². The second-order valence-electron chi connectivity index (χ2n) is 17.3. The summed E-state index contributed by atoms with van der Waals surface area (Å²) in [7, 11) is 0. The molecule has 0 unspecified atom stereocenters. The van der Waals surface area contributed by atoms with Crippen LogP contribution >= 0.6 is 0 Å². The minimum Gasteiger partial charge on any atom is -0.310 e. The van der Waals surface area contributed by atoms with Crippen molar-refractivity contribution in [3.05, 3.63) is 242 Å². The number of benzene rings is 10. The number of fused-ring (bicyclic) bond motifs is 7. The molecule has 1 aliphatic carbocycles. The first-order chi connectivity index (χ1) is 31.0. The van der Waals surface area contributed by atoms with Crippen LogP contribution in [0.15, 0.2) is 231 Å². The third-order valence-electron chi connectivity index (χ3n) is 13.4. The average Bonchev–Trinajstić information content (AvgIpc) is 3.80.